The van der Waals surface area contributed by atoms with Gasteiger partial charge in [-0.15, -0.1) is 0 Å². The summed E-state index contributed by atoms with van der Waals surface area (Å²) in [5.74, 6) is 2.13. The summed E-state index contributed by atoms with van der Waals surface area (Å²) in [7, 11) is 0. The first kappa shape index (κ1) is 20.2. The average Bonchev–Trinajstić information content (AvgIpc) is 3.08. The lowest BCUT2D eigenvalue weighted by Crippen LogP contribution is -2.07. The second-order valence-electron chi connectivity index (χ2n) is 8.10. The van der Waals surface area contributed by atoms with Gasteiger partial charge in [0.05, 0.1) is 17.6 Å². The Hall–Kier alpha value is -3.07. The van der Waals surface area contributed by atoms with E-state index in [2.05, 4.69) is 92.1 Å². The summed E-state index contributed by atoms with van der Waals surface area (Å²) < 4.78 is 8.40. The SMILES string of the molecule is Cc1ccc(OCCCCn2c(Cc3ccccc3C)nc3ccccc32)c(C)c1. The van der Waals surface area contributed by atoms with Crippen LogP contribution in [0.3, 0.4) is 0 Å². The molecule has 154 valence electrons. The van der Waals surface area contributed by atoms with Crippen molar-refractivity contribution in [2.24, 2.45) is 0 Å². The first-order valence-corrected chi connectivity index (χ1v) is 10.8. The van der Waals surface area contributed by atoms with Crippen LogP contribution in [0.5, 0.6) is 5.75 Å². The van der Waals surface area contributed by atoms with Gasteiger partial charge in [0.25, 0.3) is 0 Å². The van der Waals surface area contributed by atoms with Crippen molar-refractivity contribution in [1.29, 1.82) is 0 Å². The van der Waals surface area contributed by atoms with E-state index in [1.807, 2.05) is 0 Å². The van der Waals surface area contributed by atoms with E-state index in [4.69, 9.17) is 9.72 Å². The van der Waals surface area contributed by atoms with Crippen molar-refractivity contribution in [1.82, 2.24) is 9.55 Å². The van der Waals surface area contributed by atoms with Gasteiger partial charge in [0.2, 0.25) is 0 Å². The summed E-state index contributed by atoms with van der Waals surface area (Å²) in [6, 6.07) is 23.4. The van der Waals surface area contributed by atoms with Crippen molar-refractivity contribution in [3.05, 3.63) is 94.8 Å². The summed E-state index contributed by atoms with van der Waals surface area (Å²) in [5.41, 5.74) is 7.43. The van der Waals surface area contributed by atoms with Gasteiger partial charge in [-0.05, 0) is 68.5 Å². The summed E-state index contributed by atoms with van der Waals surface area (Å²) in [6.07, 6.45) is 2.94. The van der Waals surface area contributed by atoms with Crippen LogP contribution in [0, 0.1) is 20.8 Å². The molecule has 3 heteroatoms. The van der Waals surface area contributed by atoms with Crippen molar-refractivity contribution >= 4 is 11.0 Å². The zero-order valence-corrected chi connectivity index (χ0v) is 18.2. The van der Waals surface area contributed by atoms with Gasteiger partial charge in [0.15, 0.2) is 0 Å². The molecular formula is C27H30N2O. The van der Waals surface area contributed by atoms with E-state index in [9.17, 15) is 0 Å². The molecule has 4 rings (SSSR count). The van der Waals surface area contributed by atoms with E-state index >= 15 is 0 Å². The first-order chi connectivity index (χ1) is 14.6. The Morgan fingerprint density at radius 2 is 1.63 bits per heavy atom. The van der Waals surface area contributed by atoms with Gasteiger partial charge in [0.1, 0.15) is 11.6 Å². The van der Waals surface area contributed by atoms with E-state index < -0.39 is 0 Å². The molecule has 0 saturated heterocycles. The molecule has 30 heavy (non-hydrogen) atoms. The summed E-state index contributed by atoms with van der Waals surface area (Å²) in [6.45, 7) is 8.09. The second-order valence-corrected chi connectivity index (χ2v) is 8.10. The number of nitrogens with zero attached hydrogens (tertiary/aromatic N) is 2. The second kappa shape index (κ2) is 9.17. The maximum Gasteiger partial charge on any atom is 0.122 e. The number of unbranched alkanes of at least 4 members (excludes halogenated alkanes) is 1. The minimum absolute atomic E-state index is 0.740. The highest BCUT2D eigenvalue weighted by Crippen LogP contribution is 2.22. The predicted octanol–water partition coefficient (Wildman–Crippen LogP) is 6.41. The number of hydrogen-bond donors (Lipinski definition) is 0. The predicted molar refractivity (Wildman–Crippen MR) is 124 cm³/mol. The lowest BCUT2D eigenvalue weighted by atomic mass is 10.1. The molecule has 4 aromatic rings. The summed E-state index contributed by atoms with van der Waals surface area (Å²) in [5, 5.41) is 0. The molecule has 0 saturated carbocycles. The highest BCUT2D eigenvalue weighted by molar-refractivity contribution is 5.76. The van der Waals surface area contributed by atoms with Crippen LogP contribution in [0.15, 0.2) is 66.7 Å². The zero-order valence-electron chi connectivity index (χ0n) is 18.2. The molecule has 0 N–H and O–H groups in total. The highest BCUT2D eigenvalue weighted by atomic mass is 16.5. The van der Waals surface area contributed by atoms with E-state index in [1.54, 1.807) is 0 Å². The molecule has 0 radical (unpaired) electrons. The molecule has 3 aromatic carbocycles. The molecule has 0 atom stereocenters. The number of rotatable bonds is 8. The molecule has 0 fully saturated rings. The standard InChI is InChI=1S/C27H30N2O/c1-20-14-15-26(22(3)18-20)30-17-9-8-16-29-25-13-7-6-12-24(25)28-27(29)19-23-11-5-4-10-21(23)2/h4-7,10-15,18H,8-9,16-17,19H2,1-3H3. The third-order valence-corrected chi connectivity index (χ3v) is 5.71. The van der Waals surface area contributed by atoms with Crippen LogP contribution < -0.4 is 4.74 Å². The Morgan fingerprint density at radius 3 is 2.47 bits per heavy atom. The van der Waals surface area contributed by atoms with Gasteiger partial charge < -0.3 is 9.30 Å². The molecule has 1 aromatic heterocycles. The fraction of sp³-hybridized carbons (Fsp3) is 0.296. The fourth-order valence-corrected chi connectivity index (χ4v) is 4.00. The van der Waals surface area contributed by atoms with E-state index in [-0.39, 0.29) is 0 Å². The third kappa shape index (κ3) is 4.56. The number of fused-ring (bicyclic) bond motifs is 1. The van der Waals surface area contributed by atoms with Gasteiger partial charge in [-0.25, -0.2) is 4.98 Å². The number of aromatic nitrogens is 2. The zero-order chi connectivity index (χ0) is 20.9. The van der Waals surface area contributed by atoms with Crippen LogP contribution >= 0.6 is 0 Å². The quantitative estimate of drug-likeness (QED) is 0.321. The van der Waals surface area contributed by atoms with Gasteiger partial charge in [0, 0.05) is 13.0 Å². The van der Waals surface area contributed by atoms with Crippen LogP contribution in [-0.4, -0.2) is 16.2 Å². The van der Waals surface area contributed by atoms with Crippen molar-refractivity contribution in [2.75, 3.05) is 6.61 Å². The number of benzene rings is 3. The number of hydrogen-bond acceptors (Lipinski definition) is 2. The maximum atomic E-state index is 6.02. The maximum absolute atomic E-state index is 6.02. The van der Waals surface area contributed by atoms with Gasteiger partial charge in [-0.1, -0.05) is 54.1 Å². The van der Waals surface area contributed by atoms with Gasteiger partial charge in [-0.2, -0.15) is 0 Å². The van der Waals surface area contributed by atoms with E-state index in [1.165, 1.54) is 27.8 Å². The average molecular weight is 399 g/mol. The van der Waals surface area contributed by atoms with Crippen molar-refractivity contribution in [3.63, 3.8) is 0 Å². The van der Waals surface area contributed by atoms with Crippen molar-refractivity contribution in [3.8, 4) is 5.75 Å². The molecule has 1 heterocycles. The Morgan fingerprint density at radius 1 is 0.833 bits per heavy atom. The molecule has 0 amide bonds. The fourth-order valence-electron chi connectivity index (χ4n) is 4.00. The van der Waals surface area contributed by atoms with Crippen molar-refractivity contribution in [2.45, 2.75) is 46.6 Å². The molecular weight excluding hydrogens is 368 g/mol. The normalized spacial score (nSPS) is 11.2. The first-order valence-electron chi connectivity index (χ1n) is 10.8. The Labute approximate surface area is 179 Å². The number of para-hydroxylation sites is 2. The molecule has 0 aliphatic carbocycles. The minimum atomic E-state index is 0.740. The minimum Gasteiger partial charge on any atom is -0.493 e. The van der Waals surface area contributed by atoms with Crippen LogP contribution in [0.25, 0.3) is 11.0 Å². The number of ether oxygens (including phenoxy) is 1. The molecule has 0 spiro atoms. The molecule has 0 unspecified atom stereocenters. The molecule has 3 nitrogen and oxygen atoms in total. The topological polar surface area (TPSA) is 27.1 Å². The Bertz CT molecular complexity index is 1140. The lowest BCUT2D eigenvalue weighted by Gasteiger charge is -2.12. The van der Waals surface area contributed by atoms with Crippen molar-refractivity contribution < 1.29 is 4.74 Å². The van der Waals surface area contributed by atoms with E-state index in [0.717, 1.165) is 49.5 Å². The van der Waals surface area contributed by atoms with Crippen LogP contribution in [0.2, 0.25) is 0 Å². The largest absolute Gasteiger partial charge is 0.493 e. The van der Waals surface area contributed by atoms with Crippen LogP contribution in [-0.2, 0) is 13.0 Å². The molecule has 0 aliphatic heterocycles. The van der Waals surface area contributed by atoms with E-state index in [0.29, 0.717) is 0 Å². The number of aryl methyl sites for hydroxylation is 4. The Kier molecular flexibility index (Phi) is 6.18. The summed E-state index contributed by atoms with van der Waals surface area (Å²) >= 11 is 0. The van der Waals surface area contributed by atoms with Gasteiger partial charge in [-0.3, -0.25) is 0 Å². The number of imidazole rings is 1. The van der Waals surface area contributed by atoms with Crippen LogP contribution in [0.1, 0.15) is 40.9 Å². The lowest BCUT2D eigenvalue weighted by molar-refractivity contribution is 0.301. The van der Waals surface area contributed by atoms with Gasteiger partial charge >= 0.3 is 0 Å². The smallest absolute Gasteiger partial charge is 0.122 e. The van der Waals surface area contributed by atoms with Crippen LogP contribution in [0.4, 0.5) is 0 Å². The molecule has 0 aliphatic rings. The molecule has 0 bridgehead atoms. The summed E-state index contributed by atoms with van der Waals surface area (Å²) in [4.78, 5) is 4.95. The Balaban J connectivity index is 1.43. The highest BCUT2D eigenvalue weighted by Gasteiger charge is 2.12. The third-order valence-electron chi connectivity index (χ3n) is 5.71. The monoisotopic (exact) mass is 398 g/mol.